The second-order valence-corrected chi connectivity index (χ2v) is 6.09. The van der Waals surface area contributed by atoms with E-state index in [4.69, 9.17) is 10.8 Å². The molecule has 0 fully saturated rings. The van der Waals surface area contributed by atoms with Crippen molar-refractivity contribution in [2.45, 2.75) is 37.1 Å². The Morgan fingerprint density at radius 2 is 2.12 bits per heavy atom. The summed E-state index contributed by atoms with van der Waals surface area (Å²) in [5.41, 5.74) is 5.65. The predicted octanol–water partition coefficient (Wildman–Crippen LogP) is -0.575. The molecule has 92 valence electrons. The molecule has 1 heterocycles. The van der Waals surface area contributed by atoms with Gasteiger partial charge in [0.25, 0.3) is 0 Å². The van der Waals surface area contributed by atoms with Gasteiger partial charge in [-0.1, -0.05) is 5.21 Å². The number of nitrogens with two attached hydrogens (primary N) is 1. The maximum atomic E-state index is 11.8. The molecular formula is C8H16N4O3S. The third-order valence-corrected chi connectivity index (χ3v) is 4.23. The highest BCUT2D eigenvalue weighted by atomic mass is 32.2. The molecule has 0 atom stereocenters. The lowest BCUT2D eigenvalue weighted by Crippen LogP contribution is -2.16. The van der Waals surface area contributed by atoms with Crippen LogP contribution >= 0.6 is 0 Å². The number of aryl methyl sites for hydroxylation is 1. The monoisotopic (exact) mass is 248 g/mol. The van der Waals surface area contributed by atoms with Crippen LogP contribution in [0.15, 0.2) is 5.03 Å². The molecule has 0 saturated heterocycles. The van der Waals surface area contributed by atoms with Gasteiger partial charge in [-0.2, -0.15) is 0 Å². The van der Waals surface area contributed by atoms with Gasteiger partial charge in [-0.15, -0.1) is 5.10 Å². The van der Waals surface area contributed by atoms with Crippen LogP contribution in [-0.4, -0.2) is 40.4 Å². The summed E-state index contributed by atoms with van der Waals surface area (Å²) in [6.45, 7) is 3.46. The van der Waals surface area contributed by atoms with Gasteiger partial charge < -0.3 is 10.8 Å². The zero-order valence-electron chi connectivity index (χ0n) is 9.29. The van der Waals surface area contributed by atoms with Crippen LogP contribution in [0.2, 0.25) is 0 Å². The van der Waals surface area contributed by atoms with Crippen LogP contribution < -0.4 is 5.73 Å². The molecule has 8 heteroatoms. The number of nitrogens with zero attached hydrogens (tertiary/aromatic N) is 3. The third-order valence-electron chi connectivity index (χ3n) is 2.16. The van der Waals surface area contributed by atoms with Crippen molar-refractivity contribution in [3.05, 3.63) is 0 Å². The largest absolute Gasteiger partial charge is 0.396 e. The van der Waals surface area contributed by atoms with Crippen molar-refractivity contribution < 1.29 is 13.5 Å². The fraction of sp³-hybridized carbons (Fsp3) is 0.750. The Hall–Kier alpha value is -1.15. The molecule has 0 aliphatic heterocycles. The molecule has 1 aromatic rings. The number of rotatable bonds is 5. The van der Waals surface area contributed by atoms with Crippen LogP contribution in [-0.2, 0) is 16.4 Å². The van der Waals surface area contributed by atoms with Gasteiger partial charge in [0.15, 0.2) is 5.82 Å². The summed E-state index contributed by atoms with van der Waals surface area (Å²) in [5, 5.41) is 15.1. The van der Waals surface area contributed by atoms with Gasteiger partial charge in [-0.3, -0.25) is 0 Å². The topological polar surface area (TPSA) is 111 Å². The molecule has 3 N–H and O–H groups in total. The van der Waals surface area contributed by atoms with Crippen molar-refractivity contribution in [1.29, 1.82) is 0 Å². The Morgan fingerprint density at radius 1 is 1.50 bits per heavy atom. The van der Waals surface area contributed by atoms with E-state index in [1.165, 1.54) is 4.68 Å². The quantitative estimate of drug-likeness (QED) is 0.721. The molecule has 16 heavy (non-hydrogen) atoms. The molecule has 0 amide bonds. The van der Waals surface area contributed by atoms with Crippen molar-refractivity contribution in [3.8, 4) is 0 Å². The molecule has 1 aromatic heterocycles. The second kappa shape index (κ2) is 4.79. The van der Waals surface area contributed by atoms with Gasteiger partial charge in [0, 0.05) is 13.2 Å². The van der Waals surface area contributed by atoms with Crippen LogP contribution in [0.25, 0.3) is 0 Å². The minimum Gasteiger partial charge on any atom is -0.396 e. The van der Waals surface area contributed by atoms with Gasteiger partial charge >= 0.3 is 0 Å². The molecular weight excluding hydrogens is 232 g/mol. The lowest BCUT2D eigenvalue weighted by atomic mass is 10.4. The smallest absolute Gasteiger partial charge is 0.221 e. The standard InChI is InChI=1S/C8H16N4O3S/c1-6(2)16(14,15)8-7(9)12(11-10-8)4-3-5-13/h6,13H,3-5,9H2,1-2H3. The molecule has 1 rings (SSSR count). The zero-order valence-corrected chi connectivity index (χ0v) is 10.1. The number of aliphatic hydroxyl groups excluding tert-OH is 1. The van der Waals surface area contributed by atoms with Gasteiger partial charge in [-0.05, 0) is 20.3 Å². The summed E-state index contributed by atoms with van der Waals surface area (Å²) < 4.78 is 24.9. The SMILES string of the molecule is CC(C)S(=O)(=O)c1nnn(CCCO)c1N. The maximum Gasteiger partial charge on any atom is 0.221 e. The molecule has 0 aliphatic rings. The van der Waals surface area contributed by atoms with E-state index in [0.29, 0.717) is 13.0 Å². The predicted molar refractivity (Wildman–Crippen MR) is 58.5 cm³/mol. The van der Waals surface area contributed by atoms with Gasteiger partial charge in [-0.25, -0.2) is 13.1 Å². The van der Waals surface area contributed by atoms with E-state index < -0.39 is 15.1 Å². The summed E-state index contributed by atoms with van der Waals surface area (Å²) in [5.74, 6) is 0.0298. The molecule has 0 spiro atoms. The number of aromatic nitrogens is 3. The zero-order chi connectivity index (χ0) is 12.3. The number of nitrogen functional groups attached to an aromatic ring is 1. The summed E-state index contributed by atoms with van der Waals surface area (Å²) in [6, 6.07) is 0. The lowest BCUT2D eigenvalue weighted by molar-refractivity contribution is 0.277. The van der Waals surface area contributed by atoms with E-state index in [-0.39, 0.29) is 17.5 Å². The van der Waals surface area contributed by atoms with Gasteiger partial charge in [0.2, 0.25) is 14.9 Å². The van der Waals surface area contributed by atoms with Crippen molar-refractivity contribution in [1.82, 2.24) is 15.0 Å². The van der Waals surface area contributed by atoms with Crippen LogP contribution in [0.1, 0.15) is 20.3 Å². The van der Waals surface area contributed by atoms with Crippen molar-refractivity contribution >= 4 is 15.7 Å². The minimum atomic E-state index is -3.49. The summed E-state index contributed by atoms with van der Waals surface area (Å²) >= 11 is 0. The van der Waals surface area contributed by atoms with E-state index in [1.54, 1.807) is 13.8 Å². The third kappa shape index (κ3) is 2.33. The van der Waals surface area contributed by atoms with Gasteiger partial charge in [0.1, 0.15) is 0 Å². The van der Waals surface area contributed by atoms with E-state index in [0.717, 1.165) is 0 Å². The number of anilines is 1. The van der Waals surface area contributed by atoms with E-state index in [2.05, 4.69) is 10.3 Å². The average Bonchev–Trinajstić information content (AvgIpc) is 2.57. The van der Waals surface area contributed by atoms with Crippen LogP contribution in [0.4, 0.5) is 5.82 Å². The van der Waals surface area contributed by atoms with Crippen LogP contribution in [0, 0.1) is 0 Å². The summed E-state index contributed by atoms with van der Waals surface area (Å²) in [4.78, 5) is 0. The number of aliphatic hydroxyl groups is 1. The number of hydrogen-bond donors (Lipinski definition) is 2. The summed E-state index contributed by atoms with van der Waals surface area (Å²) in [6.07, 6.45) is 0.453. The maximum absolute atomic E-state index is 11.8. The molecule has 0 radical (unpaired) electrons. The number of hydrogen-bond acceptors (Lipinski definition) is 6. The van der Waals surface area contributed by atoms with Crippen molar-refractivity contribution in [2.24, 2.45) is 0 Å². The van der Waals surface area contributed by atoms with Gasteiger partial charge in [0.05, 0.1) is 5.25 Å². The first-order valence-electron chi connectivity index (χ1n) is 4.95. The Morgan fingerprint density at radius 3 is 2.62 bits per heavy atom. The molecule has 0 saturated carbocycles. The summed E-state index contributed by atoms with van der Waals surface area (Å²) in [7, 11) is -3.49. The van der Waals surface area contributed by atoms with Crippen molar-refractivity contribution in [2.75, 3.05) is 12.3 Å². The van der Waals surface area contributed by atoms with E-state index in [1.807, 2.05) is 0 Å². The lowest BCUT2D eigenvalue weighted by Gasteiger charge is -2.05. The Kier molecular flexibility index (Phi) is 3.87. The second-order valence-electron chi connectivity index (χ2n) is 3.67. The normalized spacial score (nSPS) is 12.2. The average molecular weight is 248 g/mol. The van der Waals surface area contributed by atoms with Crippen LogP contribution in [0.5, 0.6) is 0 Å². The highest BCUT2D eigenvalue weighted by Crippen LogP contribution is 2.19. The minimum absolute atomic E-state index is 0.00837. The highest BCUT2D eigenvalue weighted by molar-refractivity contribution is 7.92. The van der Waals surface area contributed by atoms with E-state index >= 15 is 0 Å². The molecule has 0 unspecified atom stereocenters. The Balaban J connectivity index is 3.05. The molecule has 0 bridgehead atoms. The molecule has 7 nitrogen and oxygen atoms in total. The first-order valence-corrected chi connectivity index (χ1v) is 6.49. The van der Waals surface area contributed by atoms with E-state index in [9.17, 15) is 8.42 Å². The first-order chi connectivity index (χ1) is 7.41. The van der Waals surface area contributed by atoms with Crippen LogP contribution in [0.3, 0.4) is 0 Å². The molecule has 0 aromatic carbocycles. The first kappa shape index (κ1) is 12.9. The Bertz CT molecular complexity index is 452. The van der Waals surface area contributed by atoms with Crippen molar-refractivity contribution in [3.63, 3.8) is 0 Å². The highest BCUT2D eigenvalue weighted by Gasteiger charge is 2.27. The fourth-order valence-corrected chi connectivity index (χ4v) is 2.11. The number of sulfone groups is 1. The Labute approximate surface area is 94.2 Å². The molecule has 0 aliphatic carbocycles. The fourth-order valence-electron chi connectivity index (χ4n) is 1.12.